The lowest BCUT2D eigenvalue weighted by atomic mass is 10.2. The number of likely N-dealkylation sites (N-methyl/N-ethyl adjacent to an activating group) is 2. The second-order valence-corrected chi connectivity index (χ2v) is 6.86. The fourth-order valence-corrected chi connectivity index (χ4v) is 3.02. The number of hydrogen-bond donors (Lipinski definition) is 1. The number of terminal acetylenes is 1. The first-order chi connectivity index (χ1) is 15.9. The molecule has 0 saturated heterocycles. The van der Waals surface area contributed by atoms with Gasteiger partial charge in [-0.2, -0.15) is 0 Å². The van der Waals surface area contributed by atoms with Crippen LogP contribution in [0, 0.1) is 12.8 Å². The molecule has 0 aliphatic heterocycles. The number of carbonyl (C=O) groups is 1. The molecule has 190 valence electrons. The average molecular weight is 464 g/mol. The molecule has 0 fully saturated rings. The summed E-state index contributed by atoms with van der Waals surface area (Å²) < 4.78 is 5.16. The van der Waals surface area contributed by atoms with Gasteiger partial charge < -0.3 is 19.6 Å². The Kier molecular flexibility index (Phi) is 25.6. The largest absolute Gasteiger partial charge is 0.463 e. The number of allylic oxidation sites excluding steroid dienone is 3. The molecule has 0 atom stereocenters. The summed E-state index contributed by atoms with van der Waals surface area (Å²) in [6.45, 7) is 19.9. The van der Waals surface area contributed by atoms with E-state index in [1.54, 1.807) is 0 Å². The average Bonchev–Trinajstić information content (AvgIpc) is 3.06. The van der Waals surface area contributed by atoms with Gasteiger partial charge in [0, 0.05) is 38.8 Å². The van der Waals surface area contributed by atoms with Crippen LogP contribution in [0.15, 0.2) is 40.3 Å². The zero-order chi connectivity index (χ0) is 26.2. The highest BCUT2D eigenvalue weighted by Crippen LogP contribution is 2.23. The number of ether oxygens (including phenoxy) is 1. The predicted molar refractivity (Wildman–Crippen MR) is 143 cm³/mol. The van der Waals surface area contributed by atoms with E-state index >= 15 is 0 Å². The Bertz CT molecular complexity index is 619. The van der Waals surface area contributed by atoms with Crippen LogP contribution in [0.4, 0.5) is 0 Å². The van der Waals surface area contributed by atoms with Gasteiger partial charge in [0.25, 0.3) is 0 Å². The molecule has 0 heterocycles. The van der Waals surface area contributed by atoms with Crippen LogP contribution >= 0.6 is 0 Å². The zero-order valence-electron chi connectivity index (χ0n) is 22.4. The minimum absolute atomic E-state index is 0.0575. The summed E-state index contributed by atoms with van der Waals surface area (Å²) in [6, 6.07) is 0. The van der Waals surface area contributed by atoms with Gasteiger partial charge in [0.15, 0.2) is 0 Å². The van der Waals surface area contributed by atoms with Crippen LogP contribution < -0.4 is 0 Å². The van der Waals surface area contributed by atoms with Gasteiger partial charge in [-0.25, -0.2) is 0 Å². The monoisotopic (exact) mass is 463 g/mol. The molecule has 1 rings (SSSR count). The van der Waals surface area contributed by atoms with Gasteiger partial charge >= 0.3 is 5.97 Å². The summed E-state index contributed by atoms with van der Waals surface area (Å²) in [5.41, 5.74) is 2.93. The number of nitrogens with zero attached hydrogens (tertiary/aromatic N) is 3. The Morgan fingerprint density at radius 2 is 1.79 bits per heavy atom. The van der Waals surface area contributed by atoms with Crippen molar-refractivity contribution in [2.45, 2.75) is 80.3 Å². The lowest BCUT2D eigenvalue weighted by Crippen LogP contribution is -2.25. The minimum Gasteiger partial charge on any atom is -0.463 e. The quantitative estimate of drug-likeness (QED) is 0.181. The number of hydrogen-bond acceptors (Lipinski definition) is 6. The van der Waals surface area contributed by atoms with Crippen LogP contribution in [-0.2, 0) is 9.53 Å². The van der Waals surface area contributed by atoms with Crippen molar-refractivity contribution in [2.24, 2.45) is 4.99 Å². The molecule has 33 heavy (non-hydrogen) atoms. The van der Waals surface area contributed by atoms with Crippen molar-refractivity contribution >= 4 is 12.7 Å². The van der Waals surface area contributed by atoms with Gasteiger partial charge in [-0.3, -0.25) is 9.79 Å². The predicted octanol–water partition coefficient (Wildman–Crippen LogP) is 5.41. The van der Waals surface area contributed by atoms with Crippen LogP contribution in [0.1, 0.15) is 74.1 Å². The second-order valence-electron chi connectivity index (χ2n) is 6.86. The van der Waals surface area contributed by atoms with Gasteiger partial charge in [-0.1, -0.05) is 39.8 Å². The molecule has 1 N–H and O–H groups in total. The molecule has 1 aliphatic carbocycles. The maximum absolute atomic E-state index is 11.6. The smallest absolute Gasteiger partial charge is 0.306 e. The Balaban J connectivity index is -0.00000138. The summed E-state index contributed by atoms with van der Waals surface area (Å²) in [4.78, 5) is 20.1. The molecule has 0 bridgehead atoms. The number of carbonyl (C=O) groups excluding carboxylic acids is 1. The van der Waals surface area contributed by atoms with E-state index < -0.39 is 0 Å². The van der Waals surface area contributed by atoms with Gasteiger partial charge in [0.1, 0.15) is 0 Å². The number of rotatable bonds is 12. The minimum atomic E-state index is -0.132. The van der Waals surface area contributed by atoms with E-state index in [0.717, 1.165) is 49.4 Å². The number of aliphatic imine (C=N–C) groups is 1. The highest BCUT2D eigenvalue weighted by atomic mass is 16.5. The van der Waals surface area contributed by atoms with E-state index in [9.17, 15) is 9.90 Å². The fraction of sp³-hybridized carbons (Fsp3) is 0.630. The van der Waals surface area contributed by atoms with E-state index in [1.807, 2.05) is 54.7 Å². The summed E-state index contributed by atoms with van der Waals surface area (Å²) in [5.74, 6) is -0.132. The molecule has 0 aromatic heterocycles. The van der Waals surface area contributed by atoms with Crippen molar-refractivity contribution in [3.05, 3.63) is 35.3 Å². The number of aliphatic hydroxyl groups is 1. The van der Waals surface area contributed by atoms with Crippen molar-refractivity contribution in [3.63, 3.8) is 0 Å². The lowest BCUT2D eigenvalue weighted by molar-refractivity contribution is -0.147. The molecule has 0 aromatic rings. The number of aliphatic hydroxyl groups excluding tert-OH is 1. The maximum Gasteiger partial charge on any atom is 0.306 e. The van der Waals surface area contributed by atoms with Crippen molar-refractivity contribution < 1.29 is 14.6 Å². The maximum atomic E-state index is 11.6. The van der Waals surface area contributed by atoms with Gasteiger partial charge in [0.2, 0.25) is 0 Å². The SMILES string of the molecule is C#C.C=NC1=CC(N(CC)CCO)=CCC=C1N(C)CCCCC(=O)OC(C)C.CC.CC. The van der Waals surface area contributed by atoms with Crippen molar-refractivity contribution in [1.29, 1.82) is 0 Å². The fourth-order valence-electron chi connectivity index (χ4n) is 3.02. The normalized spacial score (nSPS) is 11.9. The summed E-state index contributed by atoms with van der Waals surface area (Å²) in [5, 5.41) is 9.26. The second kappa shape index (κ2) is 24.1. The van der Waals surface area contributed by atoms with Crippen molar-refractivity contribution in [3.8, 4) is 12.8 Å². The third-order valence-electron chi connectivity index (χ3n) is 4.38. The van der Waals surface area contributed by atoms with E-state index in [0.29, 0.717) is 13.0 Å². The van der Waals surface area contributed by atoms with Gasteiger partial charge in [0.05, 0.1) is 24.1 Å². The van der Waals surface area contributed by atoms with Crippen LogP contribution in [0.5, 0.6) is 0 Å². The molecule has 1 aliphatic rings. The summed E-state index contributed by atoms with van der Waals surface area (Å²) in [7, 11) is 2.04. The third-order valence-corrected chi connectivity index (χ3v) is 4.38. The third kappa shape index (κ3) is 15.8. The van der Waals surface area contributed by atoms with Gasteiger partial charge in [-0.15, -0.1) is 12.8 Å². The molecule has 0 saturated carbocycles. The zero-order valence-corrected chi connectivity index (χ0v) is 22.4. The molecule has 0 amide bonds. The van der Waals surface area contributed by atoms with E-state index in [4.69, 9.17) is 4.74 Å². The summed E-state index contributed by atoms with van der Waals surface area (Å²) >= 11 is 0. The van der Waals surface area contributed by atoms with Crippen LogP contribution in [-0.4, -0.2) is 67.0 Å². The van der Waals surface area contributed by atoms with Crippen LogP contribution in [0.25, 0.3) is 0 Å². The first-order valence-corrected chi connectivity index (χ1v) is 12.1. The lowest BCUT2D eigenvalue weighted by Gasteiger charge is -2.25. The molecule has 0 spiro atoms. The molecular formula is C27H49N3O3. The Morgan fingerprint density at radius 3 is 2.27 bits per heavy atom. The van der Waals surface area contributed by atoms with E-state index in [1.165, 1.54) is 0 Å². The van der Waals surface area contributed by atoms with Crippen molar-refractivity contribution in [2.75, 3.05) is 33.3 Å². The molecular weight excluding hydrogens is 414 g/mol. The Morgan fingerprint density at radius 1 is 1.18 bits per heavy atom. The number of esters is 1. The molecule has 6 heteroatoms. The number of unbranched alkanes of at least 4 members (excludes halogenated alkanes) is 1. The first-order valence-electron chi connectivity index (χ1n) is 12.1. The molecule has 0 radical (unpaired) electrons. The standard InChI is InChI=1S/C21H35N3O3.2C2H6.C2H2/c1-6-24(14-15-25)18-10-9-11-20(19(16-18)22-4)23(5)13-8-7-12-21(26)27-17(2)3;3*1-2/h10-11,16-17,25H,4,6-9,12-15H2,1-3,5H3;2*1-2H3;1-2H. The summed E-state index contributed by atoms with van der Waals surface area (Å²) in [6.07, 6.45) is 17.2. The highest BCUT2D eigenvalue weighted by molar-refractivity contribution is 5.69. The van der Waals surface area contributed by atoms with Crippen LogP contribution in [0.3, 0.4) is 0 Å². The van der Waals surface area contributed by atoms with E-state index in [-0.39, 0.29) is 18.7 Å². The van der Waals surface area contributed by atoms with Gasteiger partial charge in [-0.05, 0) is 52.8 Å². The Hall–Kier alpha value is -2.52. The van der Waals surface area contributed by atoms with Crippen LogP contribution in [0.2, 0.25) is 0 Å². The van der Waals surface area contributed by atoms with E-state index in [2.05, 4.69) is 53.4 Å². The topological polar surface area (TPSA) is 65.4 Å². The Labute approximate surface area is 204 Å². The molecule has 0 aromatic carbocycles. The molecule has 6 nitrogen and oxygen atoms in total. The molecule has 0 unspecified atom stereocenters. The van der Waals surface area contributed by atoms with Crippen molar-refractivity contribution in [1.82, 2.24) is 9.80 Å². The highest BCUT2D eigenvalue weighted by Gasteiger charge is 2.15. The first kappa shape index (κ1) is 35.1.